The zero-order chi connectivity index (χ0) is 49.8. The van der Waals surface area contributed by atoms with Crippen molar-refractivity contribution in [1.82, 2.24) is 29.9 Å². The Balaban J connectivity index is 0.000000245. The number of hydrogen-bond donors (Lipinski definition) is 1. The van der Waals surface area contributed by atoms with Crippen molar-refractivity contribution in [1.29, 1.82) is 10.5 Å². The van der Waals surface area contributed by atoms with Gasteiger partial charge in [-0.15, -0.1) is 32.0 Å². The van der Waals surface area contributed by atoms with Crippen molar-refractivity contribution in [2.75, 3.05) is 14.2 Å². The number of rotatable bonds is 11. The fourth-order valence-corrected chi connectivity index (χ4v) is 5.86. The van der Waals surface area contributed by atoms with Gasteiger partial charge in [0.15, 0.2) is 0 Å². The van der Waals surface area contributed by atoms with E-state index in [1.54, 1.807) is 12.1 Å². The highest BCUT2D eigenvalue weighted by molar-refractivity contribution is 6.31. The van der Waals surface area contributed by atoms with Crippen molar-refractivity contribution in [3.63, 3.8) is 0 Å². The molecule has 0 bridgehead atoms. The smallest absolute Gasteiger partial charge is 0.420 e. The van der Waals surface area contributed by atoms with Gasteiger partial charge in [-0.25, -0.2) is 17.6 Å². The second-order valence-electron chi connectivity index (χ2n) is 12.7. The fraction of sp³-hybridized carbons (Fsp3) is 0.200. The van der Waals surface area contributed by atoms with Gasteiger partial charge in [-0.3, -0.25) is 9.59 Å². The maximum atomic E-state index is 13.5. The summed E-state index contributed by atoms with van der Waals surface area (Å²) in [6.07, 6.45) is -13.6. The lowest BCUT2D eigenvalue weighted by molar-refractivity contribution is -0.139. The molecule has 6 rings (SSSR count). The lowest BCUT2D eigenvalue weighted by atomic mass is 10.2. The van der Waals surface area contributed by atoms with Crippen LogP contribution in [0.15, 0.2) is 82.6 Å². The summed E-state index contributed by atoms with van der Waals surface area (Å²) in [5.41, 5.74) is -5.47. The standard InChI is InChI=1S/C20H12ClF5N4O3.C13H6ClF3N2O2.C7H7ClF2N2O/c1-32-18-11(6-15(17(22)23)28-29-18)9-30-3-2-14(20(24,25)26)16(19(30)31)33-13-5-10(8-27)4-12(21)7-13;14-8-3-7(6-18)4-9(5-8)21-11-10(13(15,16)17)1-2-19-12(11)20;1-13-7-4(3-8)2-5(6(9)10)11-12-7/h2-7,17H,9H2,1H3;1-5H,(H,19,20);2,6H,3H2,1H3. The van der Waals surface area contributed by atoms with E-state index in [2.05, 4.69) is 25.4 Å². The Morgan fingerprint density at radius 1 is 0.687 bits per heavy atom. The van der Waals surface area contributed by atoms with E-state index >= 15 is 0 Å². The number of ether oxygens (including phenoxy) is 4. The van der Waals surface area contributed by atoms with Crippen LogP contribution < -0.4 is 30.1 Å². The maximum absolute atomic E-state index is 13.5. The first-order chi connectivity index (χ1) is 31.5. The Hall–Kier alpha value is -7.15. The van der Waals surface area contributed by atoms with Crippen LogP contribution in [0.1, 0.15) is 57.6 Å². The first-order valence-electron chi connectivity index (χ1n) is 17.8. The topological polar surface area (TPSA) is 191 Å². The lowest BCUT2D eigenvalue weighted by Gasteiger charge is -2.16. The average molecular weight is 1010 g/mol. The molecule has 0 amide bonds. The van der Waals surface area contributed by atoms with Gasteiger partial charge in [-0.1, -0.05) is 23.2 Å². The Bertz CT molecular complexity index is 2930. The van der Waals surface area contributed by atoms with Crippen LogP contribution in [0.3, 0.4) is 0 Å². The Labute approximate surface area is 384 Å². The molecule has 27 heteroatoms. The predicted molar refractivity (Wildman–Crippen MR) is 216 cm³/mol. The zero-order valence-electron chi connectivity index (χ0n) is 33.5. The molecule has 0 aliphatic rings. The molecule has 4 heterocycles. The molecule has 0 saturated carbocycles. The van der Waals surface area contributed by atoms with Gasteiger partial charge < -0.3 is 28.5 Å². The van der Waals surface area contributed by atoms with Crippen molar-refractivity contribution in [3.05, 3.63) is 149 Å². The van der Waals surface area contributed by atoms with E-state index in [0.717, 1.165) is 35.2 Å². The molecular formula is C40H25Cl3F10N8O6. The molecule has 0 atom stereocenters. The summed E-state index contributed by atoms with van der Waals surface area (Å²) in [5, 5.41) is 31.4. The molecule has 6 aromatic rings. The summed E-state index contributed by atoms with van der Waals surface area (Å²) >= 11 is 17.1. The third kappa shape index (κ3) is 14.2. The van der Waals surface area contributed by atoms with Crippen LogP contribution in [0, 0.1) is 22.7 Å². The summed E-state index contributed by atoms with van der Waals surface area (Å²) in [7, 11) is 2.56. The highest BCUT2D eigenvalue weighted by Gasteiger charge is 2.37. The Morgan fingerprint density at radius 3 is 1.60 bits per heavy atom. The minimum absolute atomic E-state index is 0.000917. The molecule has 0 spiro atoms. The number of nitriles is 2. The van der Waals surface area contributed by atoms with Gasteiger partial charge in [0.05, 0.1) is 49.9 Å². The Kier molecular flexibility index (Phi) is 17.9. The molecule has 67 heavy (non-hydrogen) atoms. The predicted octanol–water partition coefficient (Wildman–Crippen LogP) is 10.8. The number of nitrogens with one attached hydrogen (secondary N) is 1. The molecule has 14 nitrogen and oxygen atoms in total. The number of alkyl halides is 11. The molecule has 352 valence electrons. The summed E-state index contributed by atoms with van der Waals surface area (Å²) in [4.78, 5) is 26.6. The molecular weight excluding hydrogens is 985 g/mol. The van der Waals surface area contributed by atoms with Crippen molar-refractivity contribution in [2.24, 2.45) is 0 Å². The van der Waals surface area contributed by atoms with Gasteiger partial charge in [-0.2, -0.15) is 36.9 Å². The van der Waals surface area contributed by atoms with Crippen LogP contribution in [0.2, 0.25) is 10.0 Å². The number of H-pyrrole nitrogens is 1. The number of aromatic nitrogens is 6. The first-order valence-corrected chi connectivity index (χ1v) is 19.1. The van der Waals surface area contributed by atoms with E-state index in [0.29, 0.717) is 17.7 Å². The van der Waals surface area contributed by atoms with Gasteiger partial charge in [0, 0.05) is 33.6 Å². The highest BCUT2D eigenvalue weighted by Crippen LogP contribution is 2.38. The number of methoxy groups -OCH3 is 2. The number of hydrogen-bond acceptors (Lipinski definition) is 12. The summed E-state index contributed by atoms with van der Waals surface area (Å²) in [6.45, 7) is -0.468. The second-order valence-corrected chi connectivity index (χ2v) is 13.8. The Morgan fingerprint density at radius 2 is 1.15 bits per heavy atom. The van der Waals surface area contributed by atoms with Crippen LogP contribution in [-0.4, -0.2) is 44.2 Å². The minimum atomic E-state index is -4.96. The van der Waals surface area contributed by atoms with Crippen LogP contribution in [0.5, 0.6) is 34.8 Å². The second kappa shape index (κ2) is 22.8. The molecule has 0 aliphatic heterocycles. The van der Waals surface area contributed by atoms with Crippen LogP contribution >= 0.6 is 34.8 Å². The largest absolute Gasteiger partial charge is 0.480 e. The van der Waals surface area contributed by atoms with E-state index in [1.165, 1.54) is 44.6 Å². The molecule has 4 aromatic heterocycles. The molecule has 0 saturated heterocycles. The van der Waals surface area contributed by atoms with Crippen molar-refractivity contribution in [2.45, 2.75) is 37.6 Å². The quantitative estimate of drug-likeness (QED) is 0.0956. The summed E-state index contributed by atoms with van der Waals surface area (Å²) < 4.78 is 150. The third-order valence-electron chi connectivity index (χ3n) is 8.11. The SMILES string of the molecule is COc1nnc(C(F)F)cc1CCl.COc1nnc(C(F)F)cc1Cn1ccc(C(F)(F)F)c(Oc2cc(Cl)cc(C#N)c2)c1=O.N#Cc1cc(Cl)cc(Oc2c(C(F)(F)F)cc[nH]c2=O)c1. The number of benzene rings is 2. The lowest BCUT2D eigenvalue weighted by Crippen LogP contribution is -2.25. The monoisotopic (exact) mass is 1010 g/mol. The number of pyridine rings is 2. The average Bonchev–Trinajstić information content (AvgIpc) is 3.27. The molecule has 0 radical (unpaired) electrons. The van der Waals surface area contributed by atoms with Crippen molar-refractivity contribution < 1.29 is 62.9 Å². The number of nitrogens with zero attached hydrogens (tertiary/aromatic N) is 7. The normalized spacial score (nSPS) is 11.1. The van der Waals surface area contributed by atoms with Crippen molar-refractivity contribution in [3.8, 4) is 46.9 Å². The van der Waals surface area contributed by atoms with Gasteiger partial charge in [0.2, 0.25) is 23.3 Å². The van der Waals surface area contributed by atoms with Gasteiger partial charge in [-0.05, 0) is 60.7 Å². The van der Waals surface area contributed by atoms with E-state index in [-0.39, 0.29) is 55.9 Å². The molecule has 0 fully saturated rings. The van der Waals surface area contributed by atoms with Gasteiger partial charge in [0.25, 0.3) is 24.0 Å². The van der Waals surface area contributed by atoms with Gasteiger partial charge in [0.1, 0.15) is 34.0 Å². The van der Waals surface area contributed by atoms with Crippen LogP contribution in [0.25, 0.3) is 0 Å². The molecule has 1 N–H and O–H groups in total. The molecule has 0 unspecified atom stereocenters. The highest BCUT2D eigenvalue weighted by atomic mass is 35.5. The summed E-state index contributed by atoms with van der Waals surface area (Å²) in [6, 6.07) is 14.1. The van der Waals surface area contributed by atoms with E-state index in [9.17, 15) is 53.5 Å². The van der Waals surface area contributed by atoms with E-state index < -0.39 is 76.9 Å². The number of halogens is 13. The van der Waals surface area contributed by atoms with Crippen LogP contribution in [0.4, 0.5) is 43.9 Å². The summed E-state index contributed by atoms with van der Waals surface area (Å²) in [5.74, 6) is -2.36. The minimum Gasteiger partial charge on any atom is -0.480 e. The van der Waals surface area contributed by atoms with E-state index in [1.807, 2.05) is 0 Å². The fourth-order valence-electron chi connectivity index (χ4n) is 5.22. The number of aromatic amines is 1. The first kappa shape index (κ1) is 52.5. The maximum Gasteiger partial charge on any atom is 0.420 e. The molecule has 2 aromatic carbocycles. The van der Waals surface area contributed by atoms with Gasteiger partial charge >= 0.3 is 12.4 Å². The van der Waals surface area contributed by atoms with Crippen LogP contribution in [-0.2, 0) is 24.8 Å². The zero-order valence-corrected chi connectivity index (χ0v) is 35.8. The van der Waals surface area contributed by atoms with E-state index in [4.69, 9.17) is 64.3 Å². The van der Waals surface area contributed by atoms with Crippen molar-refractivity contribution >= 4 is 34.8 Å². The molecule has 0 aliphatic carbocycles. The third-order valence-corrected chi connectivity index (χ3v) is 8.84.